The van der Waals surface area contributed by atoms with Crippen molar-refractivity contribution in [2.75, 3.05) is 5.73 Å². The Balaban J connectivity index is 2.34. The predicted molar refractivity (Wildman–Crippen MR) is 70.4 cm³/mol. The van der Waals surface area contributed by atoms with Crippen LogP contribution >= 0.6 is 27.5 Å². The van der Waals surface area contributed by atoms with Crippen molar-refractivity contribution < 1.29 is 4.74 Å². The van der Waals surface area contributed by atoms with Gasteiger partial charge in [0.15, 0.2) is 0 Å². The fourth-order valence-corrected chi connectivity index (χ4v) is 1.92. The molecule has 0 spiro atoms. The first-order valence-electron chi connectivity index (χ1n) is 4.78. The van der Waals surface area contributed by atoms with Crippen molar-refractivity contribution in [1.29, 1.82) is 0 Å². The number of ether oxygens (including phenoxy) is 1. The maximum atomic E-state index is 6.04. The normalized spacial score (nSPS) is 10.3. The number of anilines is 1. The summed E-state index contributed by atoms with van der Waals surface area (Å²) in [4.78, 5) is 7.87. The molecule has 1 aromatic carbocycles. The smallest absolute Gasteiger partial charge is 0.227 e. The van der Waals surface area contributed by atoms with Gasteiger partial charge in [-0.25, -0.2) is 4.98 Å². The first-order valence-corrected chi connectivity index (χ1v) is 5.95. The van der Waals surface area contributed by atoms with Gasteiger partial charge in [0.25, 0.3) is 0 Å². The number of nitrogen functional groups attached to an aromatic ring is 1. The SMILES string of the molecule is Cc1cnc(N)nc1Oc1ccc(Br)cc1Cl. The Hall–Kier alpha value is -1.33. The quantitative estimate of drug-likeness (QED) is 0.920. The molecule has 17 heavy (non-hydrogen) atoms. The zero-order valence-corrected chi connectivity index (χ0v) is 11.3. The van der Waals surface area contributed by atoms with E-state index in [-0.39, 0.29) is 5.95 Å². The highest BCUT2D eigenvalue weighted by molar-refractivity contribution is 9.10. The van der Waals surface area contributed by atoms with E-state index in [2.05, 4.69) is 25.9 Å². The Morgan fingerprint density at radius 3 is 2.88 bits per heavy atom. The molecule has 0 fully saturated rings. The van der Waals surface area contributed by atoms with Crippen molar-refractivity contribution >= 4 is 33.5 Å². The van der Waals surface area contributed by atoms with E-state index in [1.54, 1.807) is 18.3 Å². The number of aryl methyl sites for hydroxylation is 1. The number of aromatic nitrogens is 2. The lowest BCUT2D eigenvalue weighted by Crippen LogP contribution is -1.99. The summed E-state index contributed by atoms with van der Waals surface area (Å²) >= 11 is 9.36. The Morgan fingerprint density at radius 1 is 1.41 bits per heavy atom. The first kappa shape index (κ1) is 12.1. The van der Waals surface area contributed by atoms with Crippen molar-refractivity contribution in [3.05, 3.63) is 39.5 Å². The van der Waals surface area contributed by atoms with Gasteiger partial charge in [0.05, 0.1) is 5.02 Å². The van der Waals surface area contributed by atoms with Crippen LogP contribution in [0, 0.1) is 6.92 Å². The van der Waals surface area contributed by atoms with Crippen LogP contribution in [0.25, 0.3) is 0 Å². The number of benzene rings is 1. The standard InChI is InChI=1S/C11H9BrClN3O/c1-6-5-15-11(14)16-10(6)17-9-3-2-7(12)4-8(9)13/h2-5H,1H3,(H2,14,15,16). The van der Waals surface area contributed by atoms with Crippen LogP contribution in [0.1, 0.15) is 5.56 Å². The van der Waals surface area contributed by atoms with Gasteiger partial charge in [0, 0.05) is 16.2 Å². The molecule has 2 rings (SSSR count). The van der Waals surface area contributed by atoms with E-state index in [4.69, 9.17) is 22.1 Å². The van der Waals surface area contributed by atoms with Crippen molar-refractivity contribution in [3.63, 3.8) is 0 Å². The molecule has 0 amide bonds. The van der Waals surface area contributed by atoms with Gasteiger partial charge < -0.3 is 10.5 Å². The van der Waals surface area contributed by atoms with Crippen LogP contribution in [0.4, 0.5) is 5.95 Å². The largest absolute Gasteiger partial charge is 0.437 e. The van der Waals surface area contributed by atoms with E-state index in [1.165, 1.54) is 0 Å². The fraction of sp³-hybridized carbons (Fsp3) is 0.0909. The number of halogens is 2. The molecule has 6 heteroatoms. The van der Waals surface area contributed by atoms with E-state index in [1.807, 2.05) is 13.0 Å². The summed E-state index contributed by atoms with van der Waals surface area (Å²) in [5.74, 6) is 1.09. The molecule has 0 radical (unpaired) electrons. The van der Waals surface area contributed by atoms with Crippen LogP contribution in [-0.4, -0.2) is 9.97 Å². The van der Waals surface area contributed by atoms with Gasteiger partial charge in [-0.3, -0.25) is 0 Å². The molecule has 1 aromatic heterocycles. The summed E-state index contributed by atoms with van der Waals surface area (Å²) < 4.78 is 6.47. The van der Waals surface area contributed by atoms with Gasteiger partial charge in [-0.1, -0.05) is 27.5 Å². The lowest BCUT2D eigenvalue weighted by atomic mass is 10.3. The molecule has 4 nitrogen and oxygen atoms in total. The van der Waals surface area contributed by atoms with E-state index in [0.717, 1.165) is 10.0 Å². The molecular formula is C11H9BrClN3O. The fourth-order valence-electron chi connectivity index (χ4n) is 1.20. The summed E-state index contributed by atoms with van der Waals surface area (Å²) in [5, 5.41) is 0.496. The minimum atomic E-state index is 0.166. The third kappa shape index (κ3) is 2.87. The molecule has 2 N–H and O–H groups in total. The first-order chi connectivity index (χ1) is 8.06. The highest BCUT2D eigenvalue weighted by Crippen LogP contribution is 2.32. The van der Waals surface area contributed by atoms with Crippen molar-refractivity contribution in [3.8, 4) is 11.6 Å². The lowest BCUT2D eigenvalue weighted by molar-refractivity contribution is 0.458. The van der Waals surface area contributed by atoms with E-state index in [9.17, 15) is 0 Å². The lowest BCUT2D eigenvalue weighted by Gasteiger charge is -2.09. The topological polar surface area (TPSA) is 61.0 Å². The molecule has 0 bridgehead atoms. The zero-order valence-electron chi connectivity index (χ0n) is 8.95. The summed E-state index contributed by atoms with van der Waals surface area (Å²) in [7, 11) is 0. The van der Waals surface area contributed by atoms with E-state index >= 15 is 0 Å². The second-order valence-corrected chi connectivity index (χ2v) is 4.72. The molecule has 0 saturated heterocycles. The number of nitrogens with two attached hydrogens (primary N) is 1. The number of hydrogen-bond donors (Lipinski definition) is 1. The summed E-state index contributed by atoms with van der Waals surface area (Å²) in [6, 6.07) is 5.34. The monoisotopic (exact) mass is 313 g/mol. The van der Waals surface area contributed by atoms with Crippen molar-refractivity contribution in [1.82, 2.24) is 9.97 Å². The van der Waals surface area contributed by atoms with E-state index < -0.39 is 0 Å². The molecule has 0 unspecified atom stereocenters. The second-order valence-electron chi connectivity index (χ2n) is 3.39. The molecule has 2 aromatic rings. The third-order valence-corrected chi connectivity index (χ3v) is 2.83. The van der Waals surface area contributed by atoms with Crippen molar-refractivity contribution in [2.45, 2.75) is 6.92 Å². The van der Waals surface area contributed by atoms with Gasteiger partial charge >= 0.3 is 0 Å². The molecule has 1 heterocycles. The molecule has 0 atom stereocenters. The molecule has 88 valence electrons. The van der Waals surface area contributed by atoms with Gasteiger partial charge in [-0.05, 0) is 25.1 Å². The average molecular weight is 315 g/mol. The Bertz CT molecular complexity index is 562. The highest BCUT2D eigenvalue weighted by atomic mass is 79.9. The Labute approximate surface area is 112 Å². The van der Waals surface area contributed by atoms with Crippen LogP contribution in [0.3, 0.4) is 0 Å². The number of nitrogens with zero attached hydrogens (tertiary/aromatic N) is 2. The summed E-state index contributed by atoms with van der Waals surface area (Å²) in [5.41, 5.74) is 6.29. The maximum Gasteiger partial charge on any atom is 0.227 e. The van der Waals surface area contributed by atoms with Crippen LogP contribution in [-0.2, 0) is 0 Å². The van der Waals surface area contributed by atoms with Crippen LogP contribution in [0.5, 0.6) is 11.6 Å². The van der Waals surface area contributed by atoms with Gasteiger partial charge in [0.1, 0.15) is 5.75 Å². The molecule has 0 aliphatic rings. The minimum absolute atomic E-state index is 0.166. The van der Waals surface area contributed by atoms with Crippen molar-refractivity contribution in [2.24, 2.45) is 0 Å². The average Bonchev–Trinajstić information content (AvgIpc) is 2.27. The minimum Gasteiger partial charge on any atom is -0.437 e. The Kier molecular flexibility index (Phi) is 3.49. The third-order valence-electron chi connectivity index (χ3n) is 2.04. The molecule has 0 saturated carbocycles. The number of hydrogen-bond acceptors (Lipinski definition) is 4. The van der Waals surface area contributed by atoms with Gasteiger partial charge in [-0.2, -0.15) is 4.98 Å². The number of rotatable bonds is 2. The van der Waals surface area contributed by atoms with Gasteiger partial charge in [0.2, 0.25) is 11.8 Å². The highest BCUT2D eigenvalue weighted by Gasteiger charge is 2.08. The van der Waals surface area contributed by atoms with Crippen LogP contribution in [0.15, 0.2) is 28.9 Å². The Morgan fingerprint density at radius 2 is 2.18 bits per heavy atom. The maximum absolute atomic E-state index is 6.04. The molecular weight excluding hydrogens is 305 g/mol. The van der Waals surface area contributed by atoms with Gasteiger partial charge in [-0.15, -0.1) is 0 Å². The zero-order chi connectivity index (χ0) is 12.4. The summed E-state index contributed by atoms with van der Waals surface area (Å²) in [6.45, 7) is 1.83. The summed E-state index contributed by atoms with van der Waals surface area (Å²) in [6.07, 6.45) is 1.60. The molecule has 0 aliphatic heterocycles. The van der Waals surface area contributed by atoms with Crippen LogP contribution < -0.4 is 10.5 Å². The second kappa shape index (κ2) is 4.89. The molecule has 0 aliphatic carbocycles. The van der Waals surface area contributed by atoms with E-state index in [0.29, 0.717) is 16.7 Å². The predicted octanol–water partition coefficient (Wildman–Crippen LogP) is 3.58. The van der Waals surface area contributed by atoms with Crippen LogP contribution in [0.2, 0.25) is 5.02 Å².